The third-order valence-corrected chi connectivity index (χ3v) is 8.61. The van der Waals surface area contributed by atoms with E-state index in [-0.39, 0.29) is 37.3 Å². The standard InChI is InChI=1S/C35H41FN2O6/c1-4-7-8-16-42-26-14-12-24(13-15-26)33-31(35(40)41)27(25-17-28(36)34-29(18-25)43-21-44-34)19-38(33)20-30(39)37-32-22(5-2)10-9-11-23(32)6-3/h9-15,17-18,27,31,33H,4-8,16,19-21H2,1-3H3,(H,37,39)(H,40,41)/t27-,31?,33+/m1/s1. The molecule has 2 aliphatic rings. The minimum atomic E-state index is -1.02. The predicted molar refractivity (Wildman–Crippen MR) is 166 cm³/mol. The lowest BCUT2D eigenvalue weighted by molar-refractivity contribution is -0.143. The second kappa shape index (κ2) is 14.1. The average Bonchev–Trinajstić information content (AvgIpc) is 3.65. The normalized spacial score (nSPS) is 19.2. The second-order valence-electron chi connectivity index (χ2n) is 11.4. The fourth-order valence-corrected chi connectivity index (χ4v) is 6.40. The molecule has 0 spiro atoms. The number of carbonyl (C=O) groups excluding carboxylic acids is 1. The molecule has 8 nitrogen and oxygen atoms in total. The van der Waals surface area contributed by atoms with Crippen LogP contribution in [0.1, 0.15) is 74.2 Å². The predicted octanol–water partition coefficient (Wildman–Crippen LogP) is 6.73. The van der Waals surface area contributed by atoms with Crippen molar-refractivity contribution in [1.29, 1.82) is 0 Å². The van der Waals surface area contributed by atoms with Crippen LogP contribution in [0.4, 0.5) is 10.1 Å². The number of amides is 1. The number of hydrogen-bond acceptors (Lipinski definition) is 6. The van der Waals surface area contributed by atoms with Gasteiger partial charge in [0.25, 0.3) is 0 Å². The van der Waals surface area contributed by atoms with Crippen LogP contribution in [0.25, 0.3) is 0 Å². The van der Waals surface area contributed by atoms with E-state index >= 15 is 0 Å². The van der Waals surface area contributed by atoms with Crippen molar-refractivity contribution < 1.29 is 33.3 Å². The second-order valence-corrected chi connectivity index (χ2v) is 11.4. The van der Waals surface area contributed by atoms with Crippen molar-refractivity contribution in [1.82, 2.24) is 4.90 Å². The maximum atomic E-state index is 15.0. The van der Waals surface area contributed by atoms with Crippen LogP contribution in [-0.4, -0.2) is 48.4 Å². The maximum absolute atomic E-state index is 15.0. The van der Waals surface area contributed by atoms with Gasteiger partial charge in [0.2, 0.25) is 18.4 Å². The number of likely N-dealkylation sites (tertiary alicyclic amines) is 1. The van der Waals surface area contributed by atoms with Gasteiger partial charge in [-0.25, -0.2) is 4.39 Å². The number of anilines is 1. The van der Waals surface area contributed by atoms with Gasteiger partial charge in [0, 0.05) is 24.2 Å². The van der Waals surface area contributed by atoms with Gasteiger partial charge in [-0.2, -0.15) is 0 Å². The zero-order valence-electron chi connectivity index (χ0n) is 25.6. The van der Waals surface area contributed by atoms with Crippen LogP contribution in [0, 0.1) is 11.7 Å². The minimum Gasteiger partial charge on any atom is -0.494 e. The molecule has 0 bridgehead atoms. The third-order valence-electron chi connectivity index (χ3n) is 8.61. The Bertz CT molecular complexity index is 1450. The Kier molecular flexibility index (Phi) is 10.0. The number of nitrogens with one attached hydrogen (secondary N) is 1. The summed E-state index contributed by atoms with van der Waals surface area (Å²) in [6, 6.07) is 15.8. The molecule has 0 radical (unpaired) electrons. The molecule has 3 atom stereocenters. The van der Waals surface area contributed by atoms with E-state index in [0.29, 0.717) is 17.9 Å². The summed E-state index contributed by atoms with van der Waals surface area (Å²) in [6.07, 6.45) is 4.67. The van der Waals surface area contributed by atoms with E-state index in [1.54, 1.807) is 6.07 Å². The molecule has 3 aromatic carbocycles. The molecule has 1 fully saturated rings. The topological polar surface area (TPSA) is 97.3 Å². The molecular formula is C35H41FN2O6. The van der Waals surface area contributed by atoms with E-state index in [0.717, 1.165) is 54.5 Å². The van der Waals surface area contributed by atoms with Gasteiger partial charge in [-0.1, -0.05) is 63.9 Å². The number of carboxylic acid groups (broad SMARTS) is 1. The highest BCUT2D eigenvalue weighted by molar-refractivity contribution is 5.94. The first kappa shape index (κ1) is 31.3. The number of nitrogens with zero attached hydrogens (tertiary/aromatic N) is 1. The summed E-state index contributed by atoms with van der Waals surface area (Å²) >= 11 is 0. The molecule has 44 heavy (non-hydrogen) atoms. The lowest BCUT2D eigenvalue weighted by atomic mass is 9.82. The Labute approximate surface area is 258 Å². The summed E-state index contributed by atoms with van der Waals surface area (Å²) in [6.45, 7) is 6.95. The Morgan fingerprint density at radius 2 is 1.73 bits per heavy atom. The van der Waals surface area contributed by atoms with Crippen LogP contribution >= 0.6 is 0 Å². The highest BCUT2D eigenvalue weighted by Crippen LogP contribution is 2.48. The van der Waals surface area contributed by atoms with E-state index < -0.39 is 29.7 Å². The summed E-state index contributed by atoms with van der Waals surface area (Å²) in [5, 5.41) is 13.7. The molecule has 1 amide bonds. The number of benzene rings is 3. The first-order valence-corrected chi connectivity index (χ1v) is 15.5. The van der Waals surface area contributed by atoms with Crippen LogP contribution in [0.15, 0.2) is 54.6 Å². The number of aliphatic carboxylic acids is 1. The zero-order valence-corrected chi connectivity index (χ0v) is 25.6. The molecule has 2 aliphatic heterocycles. The van der Waals surface area contributed by atoms with Crippen LogP contribution in [0.3, 0.4) is 0 Å². The summed E-state index contributed by atoms with van der Waals surface area (Å²) in [4.78, 5) is 28.5. The quantitative estimate of drug-likeness (QED) is 0.209. The fourth-order valence-electron chi connectivity index (χ4n) is 6.40. The summed E-state index contributed by atoms with van der Waals surface area (Å²) in [5.41, 5.74) is 4.14. The number of carboxylic acids is 1. The molecule has 0 saturated carbocycles. The van der Waals surface area contributed by atoms with Crippen molar-refractivity contribution in [2.24, 2.45) is 5.92 Å². The van der Waals surface area contributed by atoms with Gasteiger partial charge in [0.1, 0.15) is 5.75 Å². The first-order valence-electron chi connectivity index (χ1n) is 15.5. The molecule has 9 heteroatoms. The third kappa shape index (κ3) is 6.68. The smallest absolute Gasteiger partial charge is 0.309 e. The highest BCUT2D eigenvalue weighted by Gasteiger charge is 2.48. The molecule has 1 unspecified atom stereocenters. The van der Waals surface area contributed by atoms with Gasteiger partial charge < -0.3 is 24.6 Å². The van der Waals surface area contributed by atoms with Gasteiger partial charge in [-0.15, -0.1) is 0 Å². The Balaban J connectivity index is 1.46. The number of carbonyl (C=O) groups is 2. The van der Waals surface area contributed by atoms with Crippen molar-refractivity contribution in [3.63, 3.8) is 0 Å². The Morgan fingerprint density at radius 1 is 1.00 bits per heavy atom. The molecule has 5 rings (SSSR count). The summed E-state index contributed by atoms with van der Waals surface area (Å²) in [5.74, 6) is -2.42. The molecule has 3 aromatic rings. The molecular weight excluding hydrogens is 563 g/mol. The van der Waals surface area contributed by atoms with Crippen molar-refractivity contribution in [2.45, 2.75) is 64.8 Å². The monoisotopic (exact) mass is 604 g/mol. The van der Waals surface area contributed by atoms with E-state index in [1.165, 1.54) is 6.07 Å². The lowest BCUT2D eigenvalue weighted by Crippen LogP contribution is -2.35. The van der Waals surface area contributed by atoms with E-state index in [9.17, 15) is 19.1 Å². The van der Waals surface area contributed by atoms with Crippen molar-refractivity contribution >= 4 is 17.6 Å². The molecule has 234 valence electrons. The number of rotatable bonds is 13. The number of fused-ring (bicyclic) bond motifs is 1. The number of unbranched alkanes of at least 4 members (excludes halogenated alkanes) is 2. The van der Waals surface area contributed by atoms with Gasteiger partial charge in [-0.05, 0) is 65.8 Å². The lowest BCUT2D eigenvalue weighted by Gasteiger charge is -2.27. The summed E-state index contributed by atoms with van der Waals surface area (Å²) < 4.78 is 31.6. The molecule has 2 N–H and O–H groups in total. The van der Waals surface area contributed by atoms with E-state index in [2.05, 4.69) is 12.2 Å². The van der Waals surface area contributed by atoms with Gasteiger partial charge in [0.05, 0.1) is 19.1 Å². The molecule has 0 aliphatic carbocycles. The fraction of sp³-hybridized carbons (Fsp3) is 0.429. The molecule has 2 heterocycles. The number of ether oxygens (including phenoxy) is 3. The van der Waals surface area contributed by atoms with Crippen LogP contribution < -0.4 is 19.5 Å². The highest BCUT2D eigenvalue weighted by atomic mass is 19.1. The Hall–Kier alpha value is -4.11. The number of hydrogen-bond donors (Lipinski definition) is 2. The van der Waals surface area contributed by atoms with Gasteiger partial charge in [-0.3, -0.25) is 14.5 Å². The largest absolute Gasteiger partial charge is 0.494 e. The molecule has 1 saturated heterocycles. The SMILES string of the molecule is CCCCCOc1ccc([C@H]2C(C(=O)O)[C@@H](c3cc(F)c4c(c3)OCO4)CN2CC(=O)Nc2c(CC)cccc2CC)cc1. The number of para-hydroxylation sites is 1. The van der Waals surface area contributed by atoms with Crippen molar-refractivity contribution in [3.8, 4) is 17.2 Å². The van der Waals surface area contributed by atoms with Crippen molar-refractivity contribution in [3.05, 3.63) is 82.7 Å². The minimum absolute atomic E-state index is 0.0299. The maximum Gasteiger partial charge on any atom is 0.309 e. The van der Waals surface area contributed by atoms with Crippen LogP contribution in [-0.2, 0) is 22.4 Å². The zero-order chi connectivity index (χ0) is 31.2. The molecule has 0 aromatic heterocycles. The Morgan fingerprint density at radius 3 is 2.39 bits per heavy atom. The summed E-state index contributed by atoms with van der Waals surface area (Å²) in [7, 11) is 0. The number of halogens is 1. The number of aryl methyl sites for hydroxylation is 2. The van der Waals surface area contributed by atoms with Crippen molar-refractivity contribution in [2.75, 3.05) is 31.8 Å². The van der Waals surface area contributed by atoms with E-state index in [4.69, 9.17) is 14.2 Å². The first-order chi connectivity index (χ1) is 21.3. The van der Waals surface area contributed by atoms with Gasteiger partial charge in [0.15, 0.2) is 11.6 Å². The van der Waals surface area contributed by atoms with Crippen LogP contribution in [0.2, 0.25) is 0 Å². The van der Waals surface area contributed by atoms with Crippen LogP contribution in [0.5, 0.6) is 17.2 Å². The average molecular weight is 605 g/mol. The van der Waals surface area contributed by atoms with Gasteiger partial charge >= 0.3 is 5.97 Å². The van der Waals surface area contributed by atoms with E-state index in [1.807, 2.05) is 61.2 Å².